The van der Waals surface area contributed by atoms with E-state index in [-0.39, 0.29) is 0 Å². The van der Waals surface area contributed by atoms with Crippen LogP contribution in [0.25, 0.3) is 0 Å². The summed E-state index contributed by atoms with van der Waals surface area (Å²) in [6.07, 6.45) is 2.95. The molecule has 0 radical (unpaired) electrons. The highest BCUT2D eigenvalue weighted by Crippen LogP contribution is 2.15. The molecule has 0 aliphatic rings. The average Bonchev–Trinajstić information content (AvgIpc) is 2.57. The lowest BCUT2D eigenvalue weighted by atomic mass is 10.3. The van der Waals surface area contributed by atoms with Crippen LogP contribution in [-0.2, 0) is 9.59 Å². The summed E-state index contributed by atoms with van der Waals surface area (Å²) in [6, 6.07) is 12.0. The molecule has 23 heavy (non-hydrogen) atoms. The van der Waals surface area contributed by atoms with Gasteiger partial charge in [0, 0.05) is 11.9 Å². The molecule has 7 heteroatoms. The first-order valence-corrected chi connectivity index (χ1v) is 6.97. The zero-order valence-corrected chi connectivity index (χ0v) is 12.5. The van der Waals surface area contributed by atoms with Crippen molar-refractivity contribution in [2.75, 3.05) is 11.9 Å². The fourth-order valence-corrected chi connectivity index (χ4v) is 1.65. The minimum atomic E-state index is -0.869. The predicted octanol–water partition coefficient (Wildman–Crippen LogP) is 1.57. The number of carbonyl (C=O) groups is 2. The molecule has 0 bridgehead atoms. The first kappa shape index (κ1) is 16.2. The SMILES string of the molecule is CCOc1ccc(NC(=O)C(=O)N/N=C\c2ccccn2)cc1. The summed E-state index contributed by atoms with van der Waals surface area (Å²) in [4.78, 5) is 27.3. The van der Waals surface area contributed by atoms with E-state index in [0.717, 1.165) is 0 Å². The van der Waals surface area contributed by atoms with E-state index < -0.39 is 11.8 Å². The zero-order valence-electron chi connectivity index (χ0n) is 12.5. The van der Waals surface area contributed by atoms with Gasteiger partial charge in [0.05, 0.1) is 18.5 Å². The molecule has 2 rings (SSSR count). The molecule has 118 valence electrons. The molecule has 0 aliphatic heterocycles. The number of amides is 2. The number of anilines is 1. The zero-order chi connectivity index (χ0) is 16.5. The number of carbonyl (C=O) groups excluding carboxylic acids is 2. The Hall–Kier alpha value is -3.22. The lowest BCUT2D eigenvalue weighted by Gasteiger charge is -2.06. The van der Waals surface area contributed by atoms with E-state index in [9.17, 15) is 9.59 Å². The van der Waals surface area contributed by atoms with Crippen LogP contribution in [0.3, 0.4) is 0 Å². The van der Waals surface area contributed by atoms with E-state index in [1.165, 1.54) is 6.21 Å². The second kappa shape index (κ2) is 8.28. The van der Waals surface area contributed by atoms with Gasteiger partial charge in [0.2, 0.25) is 0 Å². The van der Waals surface area contributed by atoms with E-state index in [0.29, 0.717) is 23.7 Å². The molecule has 0 spiro atoms. The van der Waals surface area contributed by atoms with Crippen LogP contribution in [0.2, 0.25) is 0 Å². The minimum absolute atomic E-state index is 0.488. The van der Waals surface area contributed by atoms with Gasteiger partial charge < -0.3 is 10.1 Å². The smallest absolute Gasteiger partial charge is 0.329 e. The van der Waals surface area contributed by atoms with E-state index in [4.69, 9.17) is 4.74 Å². The number of nitrogens with one attached hydrogen (secondary N) is 2. The highest BCUT2D eigenvalue weighted by molar-refractivity contribution is 6.39. The fraction of sp³-hybridized carbons (Fsp3) is 0.125. The quantitative estimate of drug-likeness (QED) is 0.498. The molecular weight excluding hydrogens is 296 g/mol. The van der Waals surface area contributed by atoms with Crippen LogP contribution < -0.4 is 15.5 Å². The Kier molecular flexibility index (Phi) is 5.81. The van der Waals surface area contributed by atoms with Crippen molar-refractivity contribution in [3.8, 4) is 5.75 Å². The minimum Gasteiger partial charge on any atom is -0.494 e. The van der Waals surface area contributed by atoms with Gasteiger partial charge in [-0.1, -0.05) is 6.07 Å². The summed E-state index contributed by atoms with van der Waals surface area (Å²) < 4.78 is 5.29. The number of aromatic nitrogens is 1. The van der Waals surface area contributed by atoms with Crippen molar-refractivity contribution >= 4 is 23.7 Å². The predicted molar refractivity (Wildman–Crippen MR) is 86.2 cm³/mol. The van der Waals surface area contributed by atoms with Gasteiger partial charge >= 0.3 is 11.8 Å². The highest BCUT2D eigenvalue weighted by Gasteiger charge is 2.12. The van der Waals surface area contributed by atoms with Crippen molar-refractivity contribution < 1.29 is 14.3 Å². The van der Waals surface area contributed by atoms with Crippen LogP contribution >= 0.6 is 0 Å². The summed E-state index contributed by atoms with van der Waals surface area (Å²) in [7, 11) is 0. The third kappa shape index (κ3) is 5.24. The molecule has 0 saturated carbocycles. The molecular formula is C16H16N4O3. The summed E-state index contributed by atoms with van der Waals surface area (Å²) in [5.41, 5.74) is 3.19. The fourth-order valence-electron chi connectivity index (χ4n) is 1.65. The Bertz CT molecular complexity index is 684. The molecule has 1 heterocycles. The number of ether oxygens (including phenoxy) is 1. The van der Waals surface area contributed by atoms with Crippen LogP contribution in [-0.4, -0.2) is 29.6 Å². The van der Waals surface area contributed by atoms with E-state index in [2.05, 4.69) is 20.8 Å². The van der Waals surface area contributed by atoms with Crippen LogP contribution in [0, 0.1) is 0 Å². The maximum atomic E-state index is 11.7. The standard InChI is InChI=1S/C16H16N4O3/c1-2-23-14-8-6-12(7-9-14)19-15(21)16(22)20-18-11-13-5-3-4-10-17-13/h3-11H,2H2,1H3,(H,19,21)(H,20,22)/b18-11-. The van der Waals surface area contributed by atoms with Crippen LogP contribution in [0.15, 0.2) is 53.8 Å². The summed E-state index contributed by atoms with van der Waals surface area (Å²) in [6.45, 7) is 2.44. The number of nitrogens with zero attached hydrogens (tertiary/aromatic N) is 2. The first-order chi connectivity index (χ1) is 11.2. The summed E-state index contributed by atoms with van der Waals surface area (Å²) in [5, 5.41) is 6.14. The van der Waals surface area contributed by atoms with Crippen molar-refractivity contribution in [1.82, 2.24) is 10.4 Å². The molecule has 0 fully saturated rings. The van der Waals surface area contributed by atoms with Crippen molar-refractivity contribution in [2.45, 2.75) is 6.92 Å². The molecule has 0 saturated heterocycles. The average molecular weight is 312 g/mol. The second-order valence-corrected chi connectivity index (χ2v) is 4.37. The topological polar surface area (TPSA) is 92.7 Å². The Morgan fingerprint density at radius 1 is 1.17 bits per heavy atom. The Morgan fingerprint density at radius 2 is 1.96 bits per heavy atom. The lowest BCUT2D eigenvalue weighted by molar-refractivity contribution is -0.136. The third-order valence-corrected chi connectivity index (χ3v) is 2.68. The monoisotopic (exact) mass is 312 g/mol. The normalized spacial score (nSPS) is 10.3. The van der Waals surface area contributed by atoms with Gasteiger partial charge in [-0.2, -0.15) is 5.10 Å². The molecule has 0 atom stereocenters. The summed E-state index contributed by atoms with van der Waals surface area (Å²) >= 11 is 0. The maximum absolute atomic E-state index is 11.7. The molecule has 1 aromatic carbocycles. The van der Waals surface area contributed by atoms with Crippen LogP contribution in [0.1, 0.15) is 12.6 Å². The van der Waals surface area contributed by atoms with Crippen LogP contribution in [0.5, 0.6) is 5.75 Å². The van der Waals surface area contributed by atoms with Crippen molar-refractivity contribution in [3.05, 3.63) is 54.4 Å². The van der Waals surface area contributed by atoms with E-state index >= 15 is 0 Å². The van der Waals surface area contributed by atoms with Gasteiger partial charge in [0.25, 0.3) is 0 Å². The lowest BCUT2D eigenvalue weighted by Crippen LogP contribution is -2.32. The second-order valence-electron chi connectivity index (χ2n) is 4.37. The largest absolute Gasteiger partial charge is 0.494 e. The number of pyridine rings is 1. The van der Waals surface area contributed by atoms with Crippen LogP contribution in [0.4, 0.5) is 5.69 Å². The van der Waals surface area contributed by atoms with Gasteiger partial charge in [0.1, 0.15) is 5.75 Å². The molecule has 1 aromatic heterocycles. The van der Waals surface area contributed by atoms with Gasteiger partial charge in [0.15, 0.2) is 0 Å². The first-order valence-electron chi connectivity index (χ1n) is 6.97. The third-order valence-electron chi connectivity index (χ3n) is 2.68. The van der Waals surface area contributed by atoms with Crippen molar-refractivity contribution in [3.63, 3.8) is 0 Å². The molecule has 2 N–H and O–H groups in total. The Labute approximate surface area is 133 Å². The van der Waals surface area contributed by atoms with Crippen molar-refractivity contribution in [2.24, 2.45) is 5.10 Å². The maximum Gasteiger partial charge on any atom is 0.329 e. The van der Waals surface area contributed by atoms with Gasteiger partial charge in [-0.05, 0) is 43.3 Å². The molecule has 2 amide bonds. The van der Waals surface area contributed by atoms with E-state index in [1.54, 1.807) is 48.7 Å². The highest BCUT2D eigenvalue weighted by atomic mass is 16.5. The summed E-state index contributed by atoms with van der Waals surface area (Å²) in [5.74, 6) is -0.992. The number of hydrogen-bond acceptors (Lipinski definition) is 5. The Balaban J connectivity index is 1.85. The number of rotatable bonds is 5. The number of benzene rings is 1. The van der Waals surface area contributed by atoms with Crippen molar-refractivity contribution in [1.29, 1.82) is 0 Å². The van der Waals surface area contributed by atoms with Gasteiger partial charge in [-0.25, -0.2) is 5.43 Å². The molecule has 0 aliphatic carbocycles. The van der Waals surface area contributed by atoms with Gasteiger partial charge in [-0.3, -0.25) is 14.6 Å². The number of hydrogen-bond donors (Lipinski definition) is 2. The molecule has 7 nitrogen and oxygen atoms in total. The molecule has 0 unspecified atom stereocenters. The molecule has 2 aromatic rings. The Morgan fingerprint density at radius 3 is 2.61 bits per heavy atom. The van der Waals surface area contributed by atoms with E-state index in [1.807, 2.05) is 6.92 Å². The number of hydrazone groups is 1. The van der Waals surface area contributed by atoms with Gasteiger partial charge in [-0.15, -0.1) is 0 Å².